The zero-order valence-electron chi connectivity index (χ0n) is 13.4. The minimum Gasteiger partial charge on any atom is -0.478 e. The van der Waals surface area contributed by atoms with Crippen LogP contribution < -0.4 is 0 Å². The van der Waals surface area contributed by atoms with Gasteiger partial charge < -0.3 is 9.67 Å². The summed E-state index contributed by atoms with van der Waals surface area (Å²) in [7, 11) is 0. The Hall–Kier alpha value is -2.14. The molecule has 0 radical (unpaired) electrons. The molecule has 0 bridgehead atoms. The Morgan fingerprint density at radius 2 is 2.08 bits per heavy atom. The standard InChI is InChI=1S/C19H20N2O2S/c22-19(23)13-8-9-17-16(11-13)20-18(12-15-7-4-10-24-15)21(17)14-5-2-1-3-6-14/h4,7-11,14H,1-3,5-6,12H2,(H,22,23). The SMILES string of the molecule is O=C(O)c1ccc2c(c1)nc(Cc1cccs1)n2C1CCCCC1. The van der Waals surface area contributed by atoms with Gasteiger partial charge in [0.1, 0.15) is 5.82 Å². The molecule has 0 unspecified atom stereocenters. The van der Waals surface area contributed by atoms with Gasteiger partial charge in [-0.05, 0) is 42.5 Å². The number of fused-ring (bicyclic) bond motifs is 1. The van der Waals surface area contributed by atoms with Crippen molar-refractivity contribution in [3.05, 3.63) is 52.0 Å². The van der Waals surface area contributed by atoms with Crippen molar-refractivity contribution in [3.63, 3.8) is 0 Å². The third-order valence-electron chi connectivity index (χ3n) is 4.86. The predicted octanol–water partition coefficient (Wildman–Crippen LogP) is 4.89. The molecule has 2 aromatic heterocycles. The second-order valence-electron chi connectivity index (χ2n) is 6.45. The van der Waals surface area contributed by atoms with Gasteiger partial charge in [0.2, 0.25) is 0 Å². The summed E-state index contributed by atoms with van der Waals surface area (Å²) >= 11 is 1.74. The van der Waals surface area contributed by atoms with Crippen LogP contribution in [-0.2, 0) is 6.42 Å². The number of benzene rings is 1. The summed E-state index contributed by atoms with van der Waals surface area (Å²) in [5, 5.41) is 11.3. The van der Waals surface area contributed by atoms with Gasteiger partial charge in [-0.25, -0.2) is 9.78 Å². The van der Waals surface area contributed by atoms with Crippen molar-refractivity contribution < 1.29 is 9.90 Å². The lowest BCUT2D eigenvalue weighted by Crippen LogP contribution is -2.15. The second-order valence-corrected chi connectivity index (χ2v) is 7.49. The molecule has 0 saturated heterocycles. The minimum absolute atomic E-state index is 0.304. The van der Waals surface area contributed by atoms with E-state index in [9.17, 15) is 9.90 Å². The van der Waals surface area contributed by atoms with E-state index in [-0.39, 0.29) is 0 Å². The normalized spacial score (nSPS) is 15.8. The number of hydrogen-bond acceptors (Lipinski definition) is 3. The Balaban J connectivity index is 1.82. The molecule has 1 N–H and O–H groups in total. The monoisotopic (exact) mass is 340 g/mol. The topological polar surface area (TPSA) is 55.1 Å². The molecular formula is C19H20N2O2S. The van der Waals surface area contributed by atoms with Gasteiger partial charge in [0.25, 0.3) is 0 Å². The Labute approximate surface area is 144 Å². The number of thiophene rings is 1. The summed E-state index contributed by atoms with van der Waals surface area (Å²) in [5.41, 5.74) is 2.17. The number of carboxylic acid groups (broad SMARTS) is 1. The number of imidazole rings is 1. The largest absolute Gasteiger partial charge is 0.478 e. The molecule has 0 aliphatic heterocycles. The summed E-state index contributed by atoms with van der Waals surface area (Å²) in [4.78, 5) is 17.4. The van der Waals surface area contributed by atoms with Crippen LogP contribution in [0, 0.1) is 0 Å². The lowest BCUT2D eigenvalue weighted by Gasteiger charge is -2.25. The van der Waals surface area contributed by atoms with Crippen molar-refractivity contribution in [3.8, 4) is 0 Å². The van der Waals surface area contributed by atoms with E-state index in [1.165, 1.54) is 37.0 Å². The van der Waals surface area contributed by atoms with E-state index in [0.29, 0.717) is 11.6 Å². The van der Waals surface area contributed by atoms with Crippen LogP contribution in [0.3, 0.4) is 0 Å². The molecule has 0 atom stereocenters. The van der Waals surface area contributed by atoms with Crippen LogP contribution in [0.4, 0.5) is 0 Å². The van der Waals surface area contributed by atoms with Crippen LogP contribution in [0.15, 0.2) is 35.7 Å². The number of rotatable bonds is 4. The van der Waals surface area contributed by atoms with Gasteiger partial charge >= 0.3 is 5.97 Å². The van der Waals surface area contributed by atoms with E-state index in [1.54, 1.807) is 23.5 Å². The van der Waals surface area contributed by atoms with Gasteiger partial charge in [-0.2, -0.15) is 0 Å². The number of carboxylic acids is 1. The highest BCUT2D eigenvalue weighted by Crippen LogP contribution is 2.33. The Morgan fingerprint density at radius 1 is 1.25 bits per heavy atom. The van der Waals surface area contributed by atoms with E-state index < -0.39 is 5.97 Å². The first-order valence-electron chi connectivity index (χ1n) is 8.49. The molecule has 1 aromatic carbocycles. The molecule has 2 heterocycles. The summed E-state index contributed by atoms with van der Waals surface area (Å²) in [5.74, 6) is 0.158. The number of hydrogen-bond donors (Lipinski definition) is 1. The maximum Gasteiger partial charge on any atom is 0.335 e. The minimum atomic E-state index is -0.899. The van der Waals surface area contributed by atoms with Gasteiger partial charge in [-0.15, -0.1) is 11.3 Å². The molecule has 1 saturated carbocycles. The van der Waals surface area contributed by atoms with Gasteiger partial charge in [0.05, 0.1) is 16.6 Å². The molecule has 3 aromatic rings. The Bertz CT molecular complexity index is 861. The Morgan fingerprint density at radius 3 is 2.79 bits per heavy atom. The average Bonchev–Trinajstić information content (AvgIpc) is 3.22. The maximum absolute atomic E-state index is 11.3. The zero-order chi connectivity index (χ0) is 16.5. The lowest BCUT2D eigenvalue weighted by atomic mass is 9.95. The third kappa shape index (κ3) is 2.84. The van der Waals surface area contributed by atoms with Crippen LogP contribution in [0.1, 0.15) is 59.2 Å². The fourth-order valence-corrected chi connectivity index (χ4v) is 4.42. The van der Waals surface area contributed by atoms with Crippen molar-refractivity contribution in [2.45, 2.75) is 44.6 Å². The second kappa shape index (κ2) is 6.40. The molecule has 5 heteroatoms. The first-order valence-corrected chi connectivity index (χ1v) is 9.37. The van der Waals surface area contributed by atoms with Crippen molar-refractivity contribution in [1.82, 2.24) is 9.55 Å². The molecule has 1 aliphatic rings. The van der Waals surface area contributed by atoms with E-state index >= 15 is 0 Å². The summed E-state index contributed by atoms with van der Waals surface area (Å²) in [6, 6.07) is 10.0. The van der Waals surface area contributed by atoms with Crippen molar-refractivity contribution in [2.24, 2.45) is 0 Å². The zero-order valence-corrected chi connectivity index (χ0v) is 14.3. The van der Waals surface area contributed by atoms with E-state index in [1.807, 2.05) is 6.07 Å². The van der Waals surface area contributed by atoms with E-state index in [4.69, 9.17) is 4.98 Å². The lowest BCUT2D eigenvalue weighted by molar-refractivity contribution is 0.0697. The first-order chi connectivity index (χ1) is 11.7. The van der Waals surface area contributed by atoms with Crippen LogP contribution in [-0.4, -0.2) is 20.6 Å². The molecule has 1 fully saturated rings. The van der Waals surface area contributed by atoms with E-state index in [2.05, 4.69) is 22.1 Å². The molecule has 0 amide bonds. The fourth-order valence-electron chi connectivity index (χ4n) is 3.72. The van der Waals surface area contributed by atoms with Crippen LogP contribution in [0.25, 0.3) is 11.0 Å². The molecule has 0 spiro atoms. The number of nitrogens with zero attached hydrogens (tertiary/aromatic N) is 2. The fraction of sp³-hybridized carbons (Fsp3) is 0.368. The number of aromatic nitrogens is 2. The van der Waals surface area contributed by atoms with Gasteiger partial charge in [-0.1, -0.05) is 25.3 Å². The highest BCUT2D eigenvalue weighted by atomic mass is 32.1. The molecule has 1 aliphatic carbocycles. The Kier molecular flexibility index (Phi) is 4.10. The summed E-state index contributed by atoms with van der Waals surface area (Å²) < 4.78 is 2.37. The van der Waals surface area contributed by atoms with Crippen molar-refractivity contribution in [2.75, 3.05) is 0 Å². The van der Waals surface area contributed by atoms with Gasteiger partial charge in [-0.3, -0.25) is 0 Å². The molecule has 4 nitrogen and oxygen atoms in total. The van der Waals surface area contributed by atoms with Crippen molar-refractivity contribution >= 4 is 28.3 Å². The first kappa shape index (κ1) is 15.4. The molecule has 4 rings (SSSR count). The van der Waals surface area contributed by atoms with Crippen LogP contribution >= 0.6 is 11.3 Å². The molecule has 24 heavy (non-hydrogen) atoms. The number of carbonyl (C=O) groups is 1. The van der Waals surface area contributed by atoms with Crippen LogP contribution in [0.5, 0.6) is 0 Å². The summed E-state index contributed by atoms with van der Waals surface area (Å²) in [6.07, 6.45) is 7.01. The molecular weight excluding hydrogens is 320 g/mol. The maximum atomic E-state index is 11.3. The quantitative estimate of drug-likeness (QED) is 0.735. The smallest absolute Gasteiger partial charge is 0.335 e. The van der Waals surface area contributed by atoms with E-state index in [0.717, 1.165) is 23.3 Å². The van der Waals surface area contributed by atoms with Gasteiger partial charge in [0, 0.05) is 17.3 Å². The predicted molar refractivity (Wildman–Crippen MR) is 95.9 cm³/mol. The third-order valence-corrected chi connectivity index (χ3v) is 5.74. The highest BCUT2D eigenvalue weighted by Gasteiger charge is 2.22. The van der Waals surface area contributed by atoms with Gasteiger partial charge in [0.15, 0.2) is 0 Å². The van der Waals surface area contributed by atoms with Crippen LogP contribution in [0.2, 0.25) is 0 Å². The number of aromatic carboxylic acids is 1. The highest BCUT2D eigenvalue weighted by molar-refractivity contribution is 7.09. The average molecular weight is 340 g/mol. The summed E-state index contributed by atoms with van der Waals surface area (Å²) in [6.45, 7) is 0. The van der Waals surface area contributed by atoms with Crippen molar-refractivity contribution in [1.29, 1.82) is 0 Å². The molecule has 124 valence electrons.